The smallest absolute Gasteiger partial charge is 0.252 e. The van der Waals surface area contributed by atoms with Crippen molar-refractivity contribution in [3.8, 4) is 11.3 Å². The summed E-state index contributed by atoms with van der Waals surface area (Å²) in [6, 6.07) is 3.51. The Hall–Kier alpha value is -1.99. The van der Waals surface area contributed by atoms with Crippen LogP contribution >= 0.6 is 11.6 Å². The summed E-state index contributed by atoms with van der Waals surface area (Å²) in [7, 11) is 0. The summed E-state index contributed by atoms with van der Waals surface area (Å²) >= 11 is 5.78. The van der Waals surface area contributed by atoms with Crippen LogP contribution in [0.4, 0.5) is 8.78 Å². The normalized spacial score (nSPS) is 17.3. The van der Waals surface area contributed by atoms with Crippen LogP contribution in [0.3, 0.4) is 0 Å². The van der Waals surface area contributed by atoms with E-state index >= 15 is 0 Å². The van der Waals surface area contributed by atoms with Gasteiger partial charge in [0.2, 0.25) is 0 Å². The lowest BCUT2D eigenvalue weighted by Gasteiger charge is -2.23. The van der Waals surface area contributed by atoms with Crippen molar-refractivity contribution in [3.05, 3.63) is 40.3 Å². The van der Waals surface area contributed by atoms with E-state index in [1.54, 1.807) is 0 Å². The Bertz CT molecular complexity index is 747. The Balaban J connectivity index is 2.21. The number of alkyl halides is 1. The summed E-state index contributed by atoms with van der Waals surface area (Å²) in [5.41, 5.74) is 6.92. The molecule has 0 aliphatic carbocycles. The molecule has 0 spiro atoms. The van der Waals surface area contributed by atoms with Crippen LogP contribution in [-0.4, -0.2) is 28.9 Å². The molecule has 1 atom stereocenters. The standard InChI is InChI=1S/C14H13ClF2N4O/c15-9-3-7(1-2-10(9)17)13-12(14(18)22)11-6-19-5-8(4-16)21(11)20-13/h1-3,8,19H,4-6H2,(H2,18,22). The van der Waals surface area contributed by atoms with Gasteiger partial charge in [0.25, 0.3) is 5.91 Å². The van der Waals surface area contributed by atoms with Crippen LogP contribution in [0, 0.1) is 5.82 Å². The molecule has 1 aliphatic rings. The average Bonchev–Trinajstić information content (AvgIpc) is 2.89. The summed E-state index contributed by atoms with van der Waals surface area (Å²) in [6.07, 6.45) is 0. The van der Waals surface area contributed by atoms with Crippen molar-refractivity contribution in [1.29, 1.82) is 0 Å². The molecular weight excluding hydrogens is 314 g/mol. The van der Waals surface area contributed by atoms with Gasteiger partial charge in [0.05, 0.1) is 22.3 Å². The van der Waals surface area contributed by atoms with Gasteiger partial charge < -0.3 is 11.1 Å². The molecule has 1 aromatic carbocycles. The van der Waals surface area contributed by atoms with E-state index in [2.05, 4.69) is 10.4 Å². The van der Waals surface area contributed by atoms with Crippen molar-refractivity contribution >= 4 is 17.5 Å². The first-order valence-electron chi connectivity index (χ1n) is 6.66. The number of rotatable bonds is 3. The van der Waals surface area contributed by atoms with Crippen molar-refractivity contribution in [2.75, 3.05) is 13.2 Å². The van der Waals surface area contributed by atoms with Crippen LogP contribution in [0.25, 0.3) is 11.3 Å². The second-order valence-corrected chi connectivity index (χ2v) is 5.45. The minimum atomic E-state index is -0.669. The quantitative estimate of drug-likeness (QED) is 0.906. The van der Waals surface area contributed by atoms with Gasteiger partial charge in [-0.05, 0) is 18.2 Å². The first-order chi connectivity index (χ1) is 10.5. The molecule has 1 aliphatic heterocycles. The van der Waals surface area contributed by atoms with E-state index in [-0.39, 0.29) is 16.3 Å². The fourth-order valence-electron chi connectivity index (χ4n) is 2.61. The molecule has 3 rings (SSSR count). The van der Waals surface area contributed by atoms with Crippen molar-refractivity contribution in [2.45, 2.75) is 12.6 Å². The van der Waals surface area contributed by atoms with Crippen LogP contribution < -0.4 is 11.1 Å². The summed E-state index contributed by atoms with van der Waals surface area (Å²) in [5, 5.41) is 7.26. The Morgan fingerprint density at radius 3 is 2.95 bits per heavy atom. The predicted octanol–water partition coefficient (Wildman–Crippen LogP) is 2.06. The molecule has 0 radical (unpaired) electrons. The van der Waals surface area contributed by atoms with E-state index in [9.17, 15) is 13.6 Å². The Morgan fingerprint density at radius 2 is 2.32 bits per heavy atom. The maximum atomic E-state index is 13.3. The number of nitrogens with one attached hydrogen (secondary N) is 1. The maximum Gasteiger partial charge on any atom is 0.252 e. The highest BCUT2D eigenvalue weighted by molar-refractivity contribution is 6.31. The number of amides is 1. The lowest BCUT2D eigenvalue weighted by molar-refractivity contribution is 0.0999. The Morgan fingerprint density at radius 1 is 1.55 bits per heavy atom. The summed E-state index contributed by atoms with van der Waals surface area (Å²) in [5.74, 6) is -1.24. The summed E-state index contributed by atoms with van der Waals surface area (Å²) < 4.78 is 27.9. The van der Waals surface area contributed by atoms with Gasteiger partial charge in [0, 0.05) is 18.7 Å². The first-order valence-corrected chi connectivity index (χ1v) is 7.04. The van der Waals surface area contributed by atoms with E-state index < -0.39 is 24.4 Å². The molecule has 1 unspecified atom stereocenters. The zero-order valence-electron chi connectivity index (χ0n) is 11.4. The van der Waals surface area contributed by atoms with Crippen LogP contribution in [0.15, 0.2) is 18.2 Å². The number of carbonyl (C=O) groups excluding carboxylic acids is 1. The van der Waals surface area contributed by atoms with Gasteiger partial charge in [0.1, 0.15) is 18.2 Å². The Labute approximate surface area is 130 Å². The highest BCUT2D eigenvalue weighted by Gasteiger charge is 2.29. The van der Waals surface area contributed by atoms with Crippen LogP contribution in [0.5, 0.6) is 0 Å². The molecule has 1 amide bonds. The fraction of sp³-hybridized carbons (Fsp3) is 0.286. The van der Waals surface area contributed by atoms with Crippen molar-refractivity contribution < 1.29 is 13.6 Å². The van der Waals surface area contributed by atoms with E-state index in [4.69, 9.17) is 17.3 Å². The first kappa shape index (κ1) is 14.9. The maximum absolute atomic E-state index is 13.3. The van der Waals surface area contributed by atoms with Gasteiger partial charge in [-0.25, -0.2) is 8.78 Å². The number of primary amides is 1. The van der Waals surface area contributed by atoms with E-state index in [0.29, 0.717) is 24.3 Å². The number of hydrogen-bond acceptors (Lipinski definition) is 3. The third-order valence-corrected chi connectivity index (χ3v) is 3.94. The van der Waals surface area contributed by atoms with Gasteiger partial charge >= 0.3 is 0 Å². The lowest BCUT2D eigenvalue weighted by atomic mass is 10.0. The van der Waals surface area contributed by atoms with Gasteiger partial charge in [-0.15, -0.1) is 0 Å². The molecule has 3 N–H and O–H groups in total. The monoisotopic (exact) mass is 326 g/mol. The molecule has 0 saturated heterocycles. The largest absolute Gasteiger partial charge is 0.365 e. The van der Waals surface area contributed by atoms with E-state index in [1.165, 1.54) is 22.9 Å². The highest BCUT2D eigenvalue weighted by Crippen LogP contribution is 2.31. The number of benzene rings is 1. The lowest BCUT2D eigenvalue weighted by Crippen LogP contribution is -2.35. The molecule has 116 valence electrons. The molecule has 2 heterocycles. The number of aromatic nitrogens is 2. The molecule has 0 bridgehead atoms. The Kier molecular flexibility index (Phi) is 3.84. The van der Waals surface area contributed by atoms with Gasteiger partial charge in [-0.3, -0.25) is 9.48 Å². The van der Waals surface area contributed by atoms with Crippen molar-refractivity contribution in [3.63, 3.8) is 0 Å². The minimum Gasteiger partial charge on any atom is -0.365 e. The molecule has 8 heteroatoms. The summed E-state index contributed by atoms with van der Waals surface area (Å²) in [4.78, 5) is 11.8. The SMILES string of the molecule is NC(=O)c1c(-c2ccc(F)c(Cl)c2)nn2c1CNCC2CF. The van der Waals surface area contributed by atoms with Gasteiger partial charge in [0.15, 0.2) is 0 Å². The second-order valence-electron chi connectivity index (χ2n) is 5.05. The minimum absolute atomic E-state index is 0.0842. The van der Waals surface area contributed by atoms with Crippen molar-refractivity contribution in [2.24, 2.45) is 5.73 Å². The molecule has 22 heavy (non-hydrogen) atoms. The topological polar surface area (TPSA) is 72.9 Å². The average molecular weight is 327 g/mol. The molecule has 2 aromatic rings. The third kappa shape index (κ3) is 2.36. The fourth-order valence-corrected chi connectivity index (χ4v) is 2.79. The molecule has 0 saturated carbocycles. The van der Waals surface area contributed by atoms with Crippen LogP contribution in [0.2, 0.25) is 5.02 Å². The van der Waals surface area contributed by atoms with E-state index in [0.717, 1.165) is 0 Å². The third-order valence-electron chi connectivity index (χ3n) is 3.65. The van der Waals surface area contributed by atoms with Crippen LogP contribution in [0.1, 0.15) is 22.1 Å². The van der Waals surface area contributed by atoms with Gasteiger partial charge in [-0.1, -0.05) is 11.6 Å². The van der Waals surface area contributed by atoms with Gasteiger partial charge in [-0.2, -0.15) is 5.10 Å². The number of halogens is 3. The zero-order valence-corrected chi connectivity index (χ0v) is 12.2. The zero-order chi connectivity index (χ0) is 15.9. The molecule has 5 nitrogen and oxygen atoms in total. The predicted molar refractivity (Wildman–Crippen MR) is 77.9 cm³/mol. The molecule has 0 fully saturated rings. The highest BCUT2D eigenvalue weighted by atomic mass is 35.5. The number of nitrogens with zero attached hydrogens (tertiary/aromatic N) is 2. The molecular formula is C14H13ClF2N4O. The van der Waals surface area contributed by atoms with Crippen molar-refractivity contribution in [1.82, 2.24) is 15.1 Å². The summed E-state index contributed by atoms with van der Waals surface area (Å²) in [6.45, 7) is 0.146. The van der Waals surface area contributed by atoms with E-state index in [1.807, 2.05) is 0 Å². The van der Waals surface area contributed by atoms with Crippen LogP contribution in [-0.2, 0) is 6.54 Å². The number of nitrogens with two attached hydrogens (primary N) is 1. The number of hydrogen-bond donors (Lipinski definition) is 2. The number of fused-ring (bicyclic) bond motifs is 1. The molecule has 1 aromatic heterocycles. The number of carbonyl (C=O) groups is 1. The second kappa shape index (κ2) is 5.66.